The number of aromatic nitrogens is 3. The summed E-state index contributed by atoms with van der Waals surface area (Å²) in [5, 5.41) is 21.9. The Bertz CT molecular complexity index is 451. The number of anilines is 1. The predicted molar refractivity (Wildman–Crippen MR) is 59.4 cm³/mol. The third kappa shape index (κ3) is 2.12. The molecule has 2 N–H and O–H groups in total. The van der Waals surface area contributed by atoms with E-state index in [9.17, 15) is 0 Å². The Labute approximate surface area is 92.8 Å². The molecule has 0 bridgehead atoms. The fourth-order valence-corrected chi connectivity index (χ4v) is 1.56. The molecule has 0 atom stereocenters. The van der Waals surface area contributed by atoms with Gasteiger partial charge in [0.25, 0.3) is 0 Å². The quantitative estimate of drug-likeness (QED) is 0.714. The Morgan fingerprint density at radius 3 is 2.62 bits per heavy atom. The van der Waals surface area contributed by atoms with Gasteiger partial charge in [0.05, 0.1) is 19.4 Å². The zero-order valence-corrected chi connectivity index (χ0v) is 8.82. The van der Waals surface area contributed by atoms with E-state index in [2.05, 4.69) is 10.1 Å². The Kier molecular flexibility index (Phi) is 3.33. The Balaban J connectivity index is 2.28. The van der Waals surface area contributed by atoms with Crippen molar-refractivity contribution in [3.63, 3.8) is 0 Å². The molecule has 0 fully saturated rings. The maximum Gasteiger partial charge on any atom is 0.157 e. The number of hydrogen-bond acceptors (Lipinski definition) is 5. The van der Waals surface area contributed by atoms with E-state index in [4.69, 9.17) is 10.2 Å². The van der Waals surface area contributed by atoms with E-state index in [1.165, 1.54) is 0 Å². The summed E-state index contributed by atoms with van der Waals surface area (Å²) in [6.07, 6.45) is 3.48. The van der Waals surface area contributed by atoms with E-state index in [-0.39, 0.29) is 13.2 Å². The molecule has 86 valence electrons. The van der Waals surface area contributed by atoms with Crippen LogP contribution in [0.4, 0.5) is 5.82 Å². The van der Waals surface area contributed by atoms with Crippen molar-refractivity contribution in [1.29, 1.82) is 0 Å². The molecule has 2 heterocycles. The fourth-order valence-electron chi connectivity index (χ4n) is 1.56. The van der Waals surface area contributed by atoms with Gasteiger partial charge in [0.1, 0.15) is 5.82 Å². The molecule has 6 heteroatoms. The second-order valence-corrected chi connectivity index (χ2v) is 3.35. The minimum atomic E-state index is 0.0339. The third-order valence-corrected chi connectivity index (χ3v) is 2.31. The smallest absolute Gasteiger partial charge is 0.157 e. The van der Waals surface area contributed by atoms with Crippen LogP contribution in [0.5, 0.6) is 0 Å². The minimum Gasteiger partial charge on any atom is -0.395 e. The largest absolute Gasteiger partial charge is 0.395 e. The molecule has 0 aliphatic heterocycles. The third-order valence-electron chi connectivity index (χ3n) is 2.31. The highest BCUT2D eigenvalue weighted by atomic mass is 16.3. The average Bonchev–Trinajstić information content (AvgIpc) is 2.75. The second-order valence-electron chi connectivity index (χ2n) is 3.35. The Morgan fingerprint density at radius 2 is 1.94 bits per heavy atom. The van der Waals surface area contributed by atoms with Crippen molar-refractivity contribution >= 4 is 11.5 Å². The lowest BCUT2D eigenvalue weighted by molar-refractivity contribution is 0.280. The van der Waals surface area contributed by atoms with Crippen molar-refractivity contribution in [3.8, 4) is 0 Å². The highest BCUT2D eigenvalue weighted by Crippen LogP contribution is 2.11. The molecule has 2 aromatic rings. The summed E-state index contributed by atoms with van der Waals surface area (Å²) in [6.45, 7) is 0.980. The van der Waals surface area contributed by atoms with Gasteiger partial charge in [-0.15, -0.1) is 0 Å². The molecule has 0 amide bonds. The van der Waals surface area contributed by atoms with Gasteiger partial charge in [-0.3, -0.25) is 0 Å². The number of fused-ring (bicyclic) bond motifs is 1. The number of hydrogen-bond donors (Lipinski definition) is 2. The van der Waals surface area contributed by atoms with Crippen LogP contribution in [0.15, 0.2) is 24.5 Å². The summed E-state index contributed by atoms with van der Waals surface area (Å²) in [5.41, 5.74) is 0.748. The number of aliphatic hydroxyl groups is 2. The van der Waals surface area contributed by atoms with Crippen molar-refractivity contribution in [2.24, 2.45) is 0 Å². The van der Waals surface area contributed by atoms with Gasteiger partial charge in [-0.1, -0.05) is 0 Å². The van der Waals surface area contributed by atoms with Crippen LogP contribution in [0, 0.1) is 0 Å². The van der Waals surface area contributed by atoms with E-state index in [0.717, 1.165) is 11.5 Å². The first kappa shape index (κ1) is 10.8. The van der Waals surface area contributed by atoms with Crippen LogP contribution in [-0.2, 0) is 0 Å². The van der Waals surface area contributed by atoms with Crippen molar-refractivity contribution in [1.82, 2.24) is 14.6 Å². The normalized spacial score (nSPS) is 10.9. The lowest BCUT2D eigenvalue weighted by Gasteiger charge is -2.21. The Hall–Kier alpha value is -1.66. The van der Waals surface area contributed by atoms with Gasteiger partial charge in [-0.05, 0) is 6.07 Å². The highest BCUT2D eigenvalue weighted by molar-refractivity contribution is 5.47. The summed E-state index contributed by atoms with van der Waals surface area (Å²) < 4.78 is 1.67. The van der Waals surface area contributed by atoms with E-state index < -0.39 is 0 Å². The number of rotatable bonds is 5. The molecule has 0 saturated heterocycles. The average molecular weight is 222 g/mol. The summed E-state index contributed by atoms with van der Waals surface area (Å²) in [7, 11) is 0. The lowest BCUT2D eigenvalue weighted by atomic mass is 10.4. The van der Waals surface area contributed by atoms with Crippen LogP contribution in [0.25, 0.3) is 5.65 Å². The molecular formula is C10H14N4O2. The molecule has 0 aliphatic carbocycles. The number of nitrogens with zero attached hydrogens (tertiary/aromatic N) is 4. The highest BCUT2D eigenvalue weighted by Gasteiger charge is 2.07. The van der Waals surface area contributed by atoms with Crippen LogP contribution in [0.3, 0.4) is 0 Å². The zero-order valence-electron chi connectivity index (χ0n) is 8.82. The van der Waals surface area contributed by atoms with Gasteiger partial charge in [-0.2, -0.15) is 5.10 Å². The maximum absolute atomic E-state index is 8.93. The van der Waals surface area contributed by atoms with E-state index >= 15 is 0 Å². The van der Waals surface area contributed by atoms with E-state index in [1.54, 1.807) is 23.0 Å². The van der Waals surface area contributed by atoms with Crippen LogP contribution in [0.1, 0.15) is 0 Å². The molecule has 6 nitrogen and oxygen atoms in total. The first-order valence-electron chi connectivity index (χ1n) is 5.12. The van der Waals surface area contributed by atoms with Crippen LogP contribution in [-0.4, -0.2) is 51.1 Å². The zero-order chi connectivity index (χ0) is 11.4. The van der Waals surface area contributed by atoms with Gasteiger partial charge in [0.2, 0.25) is 0 Å². The molecule has 0 unspecified atom stereocenters. The first-order valence-corrected chi connectivity index (χ1v) is 5.12. The fraction of sp³-hybridized carbons (Fsp3) is 0.400. The summed E-state index contributed by atoms with van der Waals surface area (Å²) in [6, 6.07) is 3.62. The van der Waals surface area contributed by atoms with Crippen molar-refractivity contribution < 1.29 is 10.2 Å². The molecule has 0 saturated carbocycles. The predicted octanol–water partition coefficient (Wildman–Crippen LogP) is -0.480. The molecule has 2 aromatic heterocycles. The SMILES string of the molecule is OCCN(CCO)c1ccn2nccc2n1. The summed E-state index contributed by atoms with van der Waals surface area (Å²) >= 11 is 0. The van der Waals surface area contributed by atoms with Gasteiger partial charge in [-0.25, -0.2) is 9.50 Å². The molecule has 0 aromatic carbocycles. The van der Waals surface area contributed by atoms with Crippen molar-refractivity contribution in [2.45, 2.75) is 0 Å². The molecule has 0 aliphatic rings. The van der Waals surface area contributed by atoms with Crippen molar-refractivity contribution in [3.05, 3.63) is 24.5 Å². The molecule has 2 rings (SSSR count). The van der Waals surface area contributed by atoms with E-state index in [0.29, 0.717) is 13.1 Å². The van der Waals surface area contributed by atoms with Crippen molar-refractivity contribution in [2.75, 3.05) is 31.2 Å². The van der Waals surface area contributed by atoms with E-state index in [1.807, 2.05) is 11.0 Å². The minimum absolute atomic E-state index is 0.0339. The second kappa shape index (κ2) is 4.91. The standard InChI is InChI=1S/C10H14N4O2/c15-7-5-13(6-8-16)9-2-4-14-10(12-9)1-3-11-14/h1-4,15-16H,5-8H2. The van der Waals surface area contributed by atoms with Gasteiger partial charge in [0, 0.05) is 25.4 Å². The first-order chi connectivity index (χ1) is 7.85. The van der Waals surface area contributed by atoms with Gasteiger partial charge < -0.3 is 15.1 Å². The lowest BCUT2D eigenvalue weighted by Crippen LogP contribution is -2.30. The Morgan fingerprint density at radius 1 is 1.19 bits per heavy atom. The molecule has 0 radical (unpaired) electrons. The van der Waals surface area contributed by atoms with Crippen LogP contribution >= 0.6 is 0 Å². The molecule has 0 spiro atoms. The van der Waals surface area contributed by atoms with Gasteiger partial charge in [0.15, 0.2) is 5.65 Å². The van der Waals surface area contributed by atoms with Gasteiger partial charge >= 0.3 is 0 Å². The number of aliphatic hydroxyl groups excluding tert-OH is 2. The van der Waals surface area contributed by atoms with Crippen LogP contribution < -0.4 is 4.90 Å². The summed E-state index contributed by atoms with van der Waals surface area (Å²) in [4.78, 5) is 6.20. The van der Waals surface area contributed by atoms with Crippen LogP contribution in [0.2, 0.25) is 0 Å². The molecule has 16 heavy (non-hydrogen) atoms. The summed E-state index contributed by atoms with van der Waals surface area (Å²) in [5.74, 6) is 0.733. The maximum atomic E-state index is 8.93. The monoisotopic (exact) mass is 222 g/mol. The molecular weight excluding hydrogens is 208 g/mol. The topological polar surface area (TPSA) is 73.9 Å².